The molecule has 1 aromatic carbocycles. The summed E-state index contributed by atoms with van der Waals surface area (Å²) in [6.07, 6.45) is 6.92. The van der Waals surface area contributed by atoms with E-state index >= 15 is 0 Å². The van der Waals surface area contributed by atoms with E-state index < -0.39 is 6.10 Å². The quantitative estimate of drug-likeness (QED) is 0.834. The molecule has 0 aliphatic carbocycles. The molecule has 0 radical (unpaired) electrons. The molecule has 1 saturated heterocycles. The molecule has 20 heavy (non-hydrogen) atoms. The van der Waals surface area contributed by atoms with E-state index in [-0.39, 0.29) is 0 Å². The van der Waals surface area contributed by atoms with Gasteiger partial charge in [0.25, 0.3) is 0 Å². The lowest BCUT2D eigenvalue weighted by Gasteiger charge is -2.25. The van der Waals surface area contributed by atoms with E-state index in [0.29, 0.717) is 5.02 Å². The average molecular weight is 361 g/mol. The van der Waals surface area contributed by atoms with Crippen LogP contribution < -0.4 is 0 Å². The molecule has 2 rings (SSSR count). The fourth-order valence-electron chi connectivity index (χ4n) is 2.77. The zero-order valence-corrected chi connectivity index (χ0v) is 14.2. The molecule has 0 bridgehead atoms. The molecular weight excluding hydrogens is 338 g/mol. The van der Waals surface area contributed by atoms with Crippen LogP contribution in [0.3, 0.4) is 0 Å². The van der Waals surface area contributed by atoms with Crippen molar-refractivity contribution in [3.05, 3.63) is 33.3 Å². The van der Waals surface area contributed by atoms with E-state index in [9.17, 15) is 5.11 Å². The number of hydrogen-bond donors (Lipinski definition) is 1. The lowest BCUT2D eigenvalue weighted by atomic mass is 10.0. The molecule has 1 atom stereocenters. The number of hydrogen-bond acceptors (Lipinski definition) is 2. The summed E-state index contributed by atoms with van der Waals surface area (Å²) in [5.74, 6) is 0. The highest BCUT2D eigenvalue weighted by Crippen LogP contribution is 2.28. The molecule has 1 aromatic rings. The van der Waals surface area contributed by atoms with Crippen LogP contribution in [0.5, 0.6) is 0 Å². The summed E-state index contributed by atoms with van der Waals surface area (Å²) in [5.41, 5.74) is 0.835. The first kappa shape index (κ1) is 16.3. The Balaban J connectivity index is 1.85. The third-order valence-electron chi connectivity index (χ3n) is 3.99. The first-order chi connectivity index (χ1) is 9.66. The van der Waals surface area contributed by atoms with Gasteiger partial charge in [0.1, 0.15) is 0 Å². The van der Waals surface area contributed by atoms with Crippen molar-refractivity contribution in [3.8, 4) is 0 Å². The minimum absolute atomic E-state index is 0.471. The molecule has 0 saturated carbocycles. The molecule has 112 valence electrons. The highest BCUT2D eigenvalue weighted by molar-refractivity contribution is 9.10. The SMILES string of the molecule is OC(CCN1CCCCCCC1)c1ccc(Br)cc1Cl. The Morgan fingerprint density at radius 3 is 2.45 bits per heavy atom. The lowest BCUT2D eigenvalue weighted by Crippen LogP contribution is -2.29. The van der Waals surface area contributed by atoms with Crippen LogP contribution in [0.2, 0.25) is 5.02 Å². The van der Waals surface area contributed by atoms with Crippen molar-refractivity contribution < 1.29 is 5.11 Å². The molecule has 1 aliphatic heterocycles. The first-order valence-electron chi connectivity index (χ1n) is 7.52. The summed E-state index contributed by atoms with van der Waals surface area (Å²) in [6, 6.07) is 5.68. The Labute approximate surface area is 135 Å². The van der Waals surface area contributed by atoms with Gasteiger partial charge < -0.3 is 10.0 Å². The minimum Gasteiger partial charge on any atom is -0.388 e. The van der Waals surface area contributed by atoms with Crippen LogP contribution in [0.4, 0.5) is 0 Å². The van der Waals surface area contributed by atoms with E-state index in [1.165, 1.54) is 45.2 Å². The molecule has 0 aromatic heterocycles. The molecule has 0 spiro atoms. The second kappa shape index (κ2) is 8.38. The summed E-state index contributed by atoms with van der Waals surface area (Å²) in [6.45, 7) is 3.29. The molecule has 2 nitrogen and oxygen atoms in total. The number of likely N-dealkylation sites (tertiary alicyclic amines) is 1. The second-order valence-corrected chi connectivity index (χ2v) is 6.90. The fourth-order valence-corrected chi connectivity index (χ4v) is 3.57. The van der Waals surface area contributed by atoms with Crippen LogP contribution in [-0.4, -0.2) is 29.6 Å². The van der Waals surface area contributed by atoms with Gasteiger partial charge >= 0.3 is 0 Å². The van der Waals surface area contributed by atoms with E-state index in [1.807, 2.05) is 18.2 Å². The summed E-state index contributed by atoms with van der Waals surface area (Å²) >= 11 is 9.58. The third kappa shape index (κ3) is 5.03. The summed E-state index contributed by atoms with van der Waals surface area (Å²) < 4.78 is 0.946. The predicted molar refractivity (Wildman–Crippen MR) is 88.3 cm³/mol. The van der Waals surface area contributed by atoms with Gasteiger partial charge in [-0.2, -0.15) is 0 Å². The van der Waals surface area contributed by atoms with Crippen molar-refractivity contribution >= 4 is 27.5 Å². The van der Waals surface area contributed by atoms with Crippen molar-refractivity contribution in [1.29, 1.82) is 0 Å². The van der Waals surface area contributed by atoms with Gasteiger partial charge in [0.05, 0.1) is 6.10 Å². The van der Waals surface area contributed by atoms with Crippen molar-refractivity contribution in [2.45, 2.75) is 44.6 Å². The Hall–Kier alpha value is -0.0900. The summed E-state index contributed by atoms with van der Waals surface area (Å²) in [5, 5.41) is 11.0. The van der Waals surface area contributed by atoms with Gasteiger partial charge in [-0.3, -0.25) is 0 Å². The Kier molecular flexibility index (Phi) is 6.82. The van der Waals surface area contributed by atoms with Gasteiger partial charge in [-0.1, -0.05) is 52.9 Å². The standard InChI is InChI=1S/C16H23BrClNO/c17-13-6-7-14(15(18)12-13)16(20)8-11-19-9-4-2-1-3-5-10-19/h6-7,12,16,20H,1-5,8-11H2. The topological polar surface area (TPSA) is 23.5 Å². The number of nitrogens with zero attached hydrogens (tertiary/aromatic N) is 1. The van der Waals surface area contributed by atoms with Crippen LogP contribution in [0.1, 0.15) is 50.2 Å². The van der Waals surface area contributed by atoms with Crippen molar-refractivity contribution in [2.75, 3.05) is 19.6 Å². The maximum absolute atomic E-state index is 10.3. The monoisotopic (exact) mass is 359 g/mol. The van der Waals surface area contributed by atoms with Gasteiger partial charge in [0.15, 0.2) is 0 Å². The van der Waals surface area contributed by atoms with Crippen LogP contribution in [0.25, 0.3) is 0 Å². The largest absolute Gasteiger partial charge is 0.388 e. The molecule has 1 fully saturated rings. The molecule has 1 aliphatic rings. The van der Waals surface area contributed by atoms with Gasteiger partial charge in [-0.15, -0.1) is 0 Å². The maximum Gasteiger partial charge on any atom is 0.0816 e. The smallest absolute Gasteiger partial charge is 0.0816 e. The van der Waals surface area contributed by atoms with Gasteiger partial charge in [-0.05, 0) is 50.0 Å². The Morgan fingerprint density at radius 1 is 1.15 bits per heavy atom. The first-order valence-corrected chi connectivity index (χ1v) is 8.69. The normalized spacial score (nSPS) is 19.4. The third-order valence-corrected chi connectivity index (χ3v) is 4.81. The zero-order valence-electron chi connectivity index (χ0n) is 11.8. The van der Waals surface area contributed by atoms with Crippen LogP contribution in [0.15, 0.2) is 22.7 Å². The molecule has 0 amide bonds. The Bertz CT molecular complexity index is 419. The van der Waals surface area contributed by atoms with Crippen LogP contribution >= 0.6 is 27.5 Å². The van der Waals surface area contributed by atoms with E-state index in [1.54, 1.807) is 0 Å². The lowest BCUT2D eigenvalue weighted by molar-refractivity contribution is 0.138. The van der Waals surface area contributed by atoms with E-state index in [4.69, 9.17) is 11.6 Å². The number of benzene rings is 1. The number of halogens is 2. The second-order valence-electron chi connectivity index (χ2n) is 5.58. The predicted octanol–water partition coefficient (Wildman–Crippen LogP) is 4.79. The van der Waals surface area contributed by atoms with E-state index in [0.717, 1.165) is 23.0 Å². The molecular formula is C16H23BrClNO. The van der Waals surface area contributed by atoms with Crippen molar-refractivity contribution in [3.63, 3.8) is 0 Å². The zero-order chi connectivity index (χ0) is 14.4. The molecule has 1 N–H and O–H groups in total. The average Bonchev–Trinajstić information content (AvgIpc) is 2.37. The maximum atomic E-state index is 10.3. The number of aliphatic hydroxyl groups is 1. The van der Waals surface area contributed by atoms with Crippen LogP contribution in [-0.2, 0) is 0 Å². The van der Waals surface area contributed by atoms with Gasteiger partial charge in [-0.25, -0.2) is 0 Å². The number of rotatable bonds is 4. The highest BCUT2D eigenvalue weighted by Gasteiger charge is 2.14. The highest BCUT2D eigenvalue weighted by atomic mass is 79.9. The molecule has 4 heteroatoms. The van der Waals surface area contributed by atoms with Gasteiger partial charge in [0.2, 0.25) is 0 Å². The summed E-state index contributed by atoms with van der Waals surface area (Å²) in [4.78, 5) is 2.48. The molecule has 1 heterocycles. The summed E-state index contributed by atoms with van der Waals surface area (Å²) in [7, 11) is 0. The van der Waals surface area contributed by atoms with Crippen LogP contribution in [0, 0.1) is 0 Å². The molecule has 1 unspecified atom stereocenters. The van der Waals surface area contributed by atoms with E-state index in [2.05, 4.69) is 20.8 Å². The van der Waals surface area contributed by atoms with Crippen molar-refractivity contribution in [1.82, 2.24) is 4.90 Å². The number of aliphatic hydroxyl groups excluding tert-OH is 1. The van der Waals surface area contributed by atoms with Crippen molar-refractivity contribution in [2.24, 2.45) is 0 Å². The van der Waals surface area contributed by atoms with Gasteiger partial charge in [0, 0.05) is 16.0 Å². The minimum atomic E-state index is -0.471. The Morgan fingerprint density at radius 2 is 1.80 bits per heavy atom. The fraction of sp³-hybridized carbons (Fsp3) is 0.625.